The minimum absolute atomic E-state index is 0.427. The Morgan fingerprint density at radius 2 is 2.29 bits per heavy atom. The normalized spacial score (nSPS) is 10.4. The second-order valence-corrected chi connectivity index (χ2v) is 3.09. The van der Waals surface area contributed by atoms with Gasteiger partial charge in [-0.25, -0.2) is 0 Å². The van der Waals surface area contributed by atoms with Gasteiger partial charge in [-0.3, -0.25) is 10.1 Å². The van der Waals surface area contributed by atoms with Crippen LogP contribution < -0.4 is 5.73 Å². The molecule has 0 amide bonds. The number of hydrogen-bond acceptors (Lipinski definition) is 3. The first-order valence-electron chi connectivity index (χ1n) is 4.48. The van der Waals surface area contributed by atoms with Gasteiger partial charge in [0.2, 0.25) is 0 Å². The van der Waals surface area contributed by atoms with Gasteiger partial charge in [-0.2, -0.15) is 5.10 Å². The van der Waals surface area contributed by atoms with E-state index in [0.717, 1.165) is 22.6 Å². The molecule has 0 aliphatic rings. The largest absolute Gasteiger partial charge is 0.325 e. The Kier molecular flexibility index (Phi) is 2.28. The van der Waals surface area contributed by atoms with E-state index in [1.807, 2.05) is 25.1 Å². The lowest BCUT2D eigenvalue weighted by atomic mass is 10.1. The van der Waals surface area contributed by atoms with Crippen molar-refractivity contribution < 1.29 is 0 Å². The molecule has 4 nitrogen and oxygen atoms in total. The summed E-state index contributed by atoms with van der Waals surface area (Å²) in [5, 5.41) is 7.04. The summed E-state index contributed by atoms with van der Waals surface area (Å²) in [6.07, 6.45) is 1.77. The van der Waals surface area contributed by atoms with Crippen molar-refractivity contribution in [2.24, 2.45) is 5.73 Å². The van der Waals surface area contributed by atoms with E-state index < -0.39 is 0 Å². The van der Waals surface area contributed by atoms with Crippen LogP contribution in [0.25, 0.3) is 11.3 Å². The Balaban J connectivity index is 2.55. The van der Waals surface area contributed by atoms with Gasteiger partial charge in [0.25, 0.3) is 0 Å². The highest BCUT2D eigenvalue weighted by atomic mass is 15.1. The van der Waals surface area contributed by atoms with Crippen molar-refractivity contribution >= 4 is 0 Å². The van der Waals surface area contributed by atoms with Crippen LogP contribution in [0.5, 0.6) is 0 Å². The van der Waals surface area contributed by atoms with Gasteiger partial charge >= 0.3 is 0 Å². The number of nitrogens with zero attached hydrogens (tertiary/aromatic N) is 2. The molecule has 0 aliphatic carbocycles. The van der Waals surface area contributed by atoms with E-state index in [-0.39, 0.29) is 0 Å². The van der Waals surface area contributed by atoms with E-state index in [1.54, 1.807) is 6.20 Å². The monoisotopic (exact) mass is 188 g/mol. The molecule has 72 valence electrons. The topological polar surface area (TPSA) is 67.6 Å². The summed E-state index contributed by atoms with van der Waals surface area (Å²) >= 11 is 0. The number of aromatic nitrogens is 3. The molecule has 2 aromatic rings. The summed E-state index contributed by atoms with van der Waals surface area (Å²) in [6, 6.07) is 5.80. The van der Waals surface area contributed by atoms with E-state index in [9.17, 15) is 0 Å². The number of aryl methyl sites for hydroxylation is 1. The number of nitrogens with one attached hydrogen (secondary N) is 1. The van der Waals surface area contributed by atoms with Crippen LogP contribution in [-0.2, 0) is 6.54 Å². The lowest BCUT2D eigenvalue weighted by molar-refractivity contribution is 0.939. The molecular formula is C10H12N4. The molecule has 2 rings (SSSR count). The van der Waals surface area contributed by atoms with Crippen LogP contribution >= 0.6 is 0 Å². The van der Waals surface area contributed by atoms with Gasteiger partial charge in [0.15, 0.2) is 0 Å². The minimum atomic E-state index is 0.427. The van der Waals surface area contributed by atoms with Gasteiger partial charge in [0, 0.05) is 24.0 Å². The molecule has 0 fully saturated rings. The first kappa shape index (κ1) is 8.90. The zero-order valence-corrected chi connectivity index (χ0v) is 7.99. The third kappa shape index (κ3) is 1.40. The molecule has 0 unspecified atom stereocenters. The van der Waals surface area contributed by atoms with E-state index in [2.05, 4.69) is 15.2 Å². The number of H-pyrrole nitrogens is 1. The van der Waals surface area contributed by atoms with Crippen LogP contribution in [0.15, 0.2) is 24.4 Å². The molecule has 4 heteroatoms. The van der Waals surface area contributed by atoms with Gasteiger partial charge in [0.1, 0.15) is 0 Å². The van der Waals surface area contributed by atoms with Crippen LogP contribution in [0, 0.1) is 6.92 Å². The van der Waals surface area contributed by atoms with Crippen LogP contribution in [0.2, 0.25) is 0 Å². The third-order valence-electron chi connectivity index (χ3n) is 2.14. The maximum absolute atomic E-state index is 5.59. The van der Waals surface area contributed by atoms with Gasteiger partial charge in [-0.05, 0) is 19.1 Å². The van der Waals surface area contributed by atoms with Crippen molar-refractivity contribution in [3.8, 4) is 11.3 Å². The highest BCUT2D eigenvalue weighted by molar-refractivity contribution is 5.64. The fourth-order valence-corrected chi connectivity index (χ4v) is 1.48. The smallest absolute Gasteiger partial charge is 0.0854 e. The summed E-state index contributed by atoms with van der Waals surface area (Å²) in [5.74, 6) is 0. The molecule has 0 spiro atoms. The second kappa shape index (κ2) is 3.59. The predicted octanol–water partition coefficient (Wildman–Crippen LogP) is 1.24. The average molecular weight is 188 g/mol. The van der Waals surface area contributed by atoms with Gasteiger partial charge in [0.05, 0.1) is 11.4 Å². The molecule has 0 aromatic carbocycles. The van der Waals surface area contributed by atoms with Crippen molar-refractivity contribution in [2.75, 3.05) is 0 Å². The molecular weight excluding hydrogens is 176 g/mol. The summed E-state index contributed by atoms with van der Waals surface area (Å²) < 4.78 is 0. The number of hydrogen-bond donors (Lipinski definition) is 2. The first-order chi connectivity index (χ1) is 6.83. The van der Waals surface area contributed by atoms with Crippen LogP contribution in [0.3, 0.4) is 0 Å². The molecule has 14 heavy (non-hydrogen) atoms. The highest BCUT2D eigenvalue weighted by Crippen LogP contribution is 2.22. The van der Waals surface area contributed by atoms with Crippen LogP contribution in [-0.4, -0.2) is 15.2 Å². The quantitative estimate of drug-likeness (QED) is 0.745. The average Bonchev–Trinajstić information content (AvgIpc) is 2.61. The summed E-state index contributed by atoms with van der Waals surface area (Å²) in [5.41, 5.74) is 9.39. The predicted molar refractivity (Wildman–Crippen MR) is 54.4 cm³/mol. The Morgan fingerprint density at radius 3 is 2.93 bits per heavy atom. The Labute approximate surface area is 82.2 Å². The van der Waals surface area contributed by atoms with Gasteiger partial charge < -0.3 is 5.73 Å². The lowest BCUT2D eigenvalue weighted by Crippen LogP contribution is -1.99. The lowest BCUT2D eigenvalue weighted by Gasteiger charge is -2.00. The molecule has 0 saturated carbocycles. The number of nitrogens with two attached hydrogens (primary N) is 1. The minimum Gasteiger partial charge on any atom is -0.325 e. The molecule has 0 saturated heterocycles. The molecule has 2 aromatic heterocycles. The van der Waals surface area contributed by atoms with Crippen molar-refractivity contribution in [2.45, 2.75) is 13.5 Å². The zero-order valence-electron chi connectivity index (χ0n) is 7.99. The molecule has 3 N–H and O–H groups in total. The second-order valence-electron chi connectivity index (χ2n) is 3.09. The molecule has 0 aliphatic heterocycles. The third-order valence-corrected chi connectivity index (χ3v) is 2.14. The SMILES string of the molecule is Cc1[nH]nc(CN)c1-c1ccccn1. The number of rotatable bonds is 2. The van der Waals surface area contributed by atoms with E-state index in [0.29, 0.717) is 6.54 Å². The number of aromatic amines is 1. The van der Waals surface area contributed by atoms with E-state index >= 15 is 0 Å². The van der Waals surface area contributed by atoms with Crippen molar-refractivity contribution in [3.63, 3.8) is 0 Å². The molecule has 0 radical (unpaired) electrons. The fourth-order valence-electron chi connectivity index (χ4n) is 1.48. The maximum atomic E-state index is 5.59. The van der Waals surface area contributed by atoms with Crippen LogP contribution in [0.4, 0.5) is 0 Å². The Bertz CT molecular complexity index is 419. The molecule has 2 heterocycles. The van der Waals surface area contributed by atoms with Gasteiger partial charge in [-0.1, -0.05) is 6.07 Å². The zero-order chi connectivity index (χ0) is 9.97. The highest BCUT2D eigenvalue weighted by Gasteiger charge is 2.11. The number of pyridine rings is 1. The van der Waals surface area contributed by atoms with E-state index in [1.165, 1.54) is 0 Å². The fraction of sp³-hybridized carbons (Fsp3) is 0.200. The van der Waals surface area contributed by atoms with Crippen molar-refractivity contribution in [1.29, 1.82) is 0 Å². The van der Waals surface area contributed by atoms with Crippen molar-refractivity contribution in [1.82, 2.24) is 15.2 Å². The van der Waals surface area contributed by atoms with Crippen LogP contribution in [0.1, 0.15) is 11.4 Å². The summed E-state index contributed by atoms with van der Waals surface area (Å²) in [7, 11) is 0. The van der Waals surface area contributed by atoms with Gasteiger partial charge in [-0.15, -0.1) is 0 Å². The standard InChI is InChI=1S/C10H12N4/c1-7-10(9(6-11)14-13-7)8-4-2-3-5-12-8/h2-5H,6,11H2,1H3,(H,13,14). The Morgan fingerprint density at radius 1 is 1.43 bits per heavy atom. The maximum Gasteiger partial charge on any atom is 0.0854 e. The summed E-state index contributed by atoms with van der Waals surface area (Å²) in [6.45, 7) is 2.40. The molecule has 0 bridgehead atoms. The van der Waals surface area contributed by atoms with Crippen molar-refractivity contribution in [3.05, 3.63) is 35.8 Å². The molecule has 0 atom stereocenters. The summed E-state index contributed by atoms with van der Waals surface area (Å²) in [4.78, 5) is 4.28. The van der Waals surface area contributed by atoms with E-state index in [4.69, 9.17) is 5.73 Å². The Hall–Kier alpha value is -1.68. The first-order valence-corrected chi connectivity index (χ1v) is 4.48.